The second-order valence-electron chi connectivity index (χ2n) is 4.16. The Labute approximate surface area is 135 Å². The molecule has 1 unspecified atom stereocenters. The van der Waals surface area contributed by atoms with E-state index in [1.807, 2.05) is 6.07 Å². The van der Waals surface area contributed by atoms with Gasteiger partial charge >= 0.3 is 0 Å². The maximum absolute atomic E-state index is 10.5. The topological polar surface area (TPSA) is 47.3 Å². The highest BCUT2D eigenvalue weighted by Crippen LogP contribution is 2.33. The molecule has 0 fully saturated rings. The van der Waals surface area contributed by atoms with E-state index >= 15 is 0 Å². The van der Waals surface area contributed by atoms with E-state index in [0.717, 1.165) is 4.47 Å². The SMILES string of the molecule is COCCn1ncc(Cl)c1C(O)c1ccc(Br)cc1Cl. The van der Waals surface area contributed by atoms with Gasteiger partial charge in [0.15, 0.2) is 0 Å². The van der Waals surface area contributed by atoms with Crippen LogP contribution in [0.15, 0.2) is 28.9 Å². The van der Waals surface area contributed by atoms with Crippen LogP contribution in [0.5, 0.6) is 0 Å². The van der Waals surface area contributed by atoms with Crippen LogP contribution in [0.25, 0.3) is 0 Å². The summed E-state index contributed by atoms with van der Waals surface area (Å²) in [6.45, 7) is 0.982. The molecule has 1 atom stereocenters. The minimum absolute atomic E-state index is 0.396. The van der Waals surface area contributed by atoms with Crippen LogP contribution in [0.2, 0.25) is 10.0 Å². The molecule has 0 amide bonds. The average Bonchev–Trinajstić information content (AvgIpc) is 2.77. The van der Waals surface area contributed by atoms with Crippen LogP contribution in [-0.4, -0.2) is 28.6 Å². The standard InChI is InChI=1S/C13H13BrCl2N2O2/c1-20-5-4-18-12(11(16)7-17-18)13(19)9-3-2-8(14)6-10(9)15/h2-3,6-7,13,19H,4-5H2,1H3. The molecule has 0 bridgehead atoms. The molecule has 0 aliphatic heterocycles. The van der Waals surface area contributed by atoms with E-state index in [2.05, 4.69) is 21.0 Å². The van der Waals surface area contributed by atoms with Gasteiger partial charge in [-0.2, -0.15) is 5.10 Å². The monoisotopic (exact) mass is 378 g/mol. The zero-order valence-corrected chi connectivity index (χ0v) is 13.8. The van der Waals surface area contributed by atoms with Crippen molar-refractivity contribution in [3.05, 3.63) is 50.2 Å². The Kier molecular flexibility index (Phi) is 5.46. The summed E-state index contributed by atoms with van der Waals surface area (Å²) < 4.78 is 7.48. The molecule has 2 rings (SSSR count). The van der Waals surface area contributed by atoms with Crippen LogP contribution in [0.4, 0.5) is 0 Å². The number of nitrogens with zero attached hydrogens (tertiary/aromatic N) is 2. The Morgan fingerprint density at radius 3 is 2.80 bits per heavy atom. The van der Waals surface area contributed by atoms with Gasteiger partial charge in [-0.25, -0.2) is 0 Å². The lowest BCUT2D eigenvalue weighted by molar-refractivity contribution is 0.171. The Balaban J connectivity index is 2.37. The molecule has 7 heteroatoms. The van der Waals surface area contributed by atoms with Gasteiger partial charge in [0.05, 0.1) is 30.1 Å². The predicted molar refractivity (Wildman–Crippen MR) is 82.3 cm³/mol. The number of aromatic nitrogens is 2. The maximum atomic E-state index is 10.5. The summed E-state index contributed by atoms with van der Waals surface area (Å²) in [6, 6.07) is 5.29. The van der Waals surface area contributed by atoms with Crippen molar-refractivity contribution >= 4 is 39.1 Å². The lowest BCUT2D eigenvalue weighted by Gasteiger charge is -2.16. The van der Waals surface area contributed by atoms with Gasteiger partial charge in [0.25, 0.3) is 0 Å². The molecule has 1 heterocycles. The largest absolute Gasteiger partial charge is 0.383 e. The molecule has 0 radical (unpaired) electrons. The number of aliphatic hydroxyl groups excluding tert-OH is 1. The highest BCUT2D eigenvalue weighted by molar-refractivity contribution is 9.10. The van der Waals surface area contributed by atoms with Gasteiger partial charge in [0.1, 0.15) is 6.10 Å². The number of rotatable bonds is 5. The van der Waals surface area contributed by atoms with Crippen LogP contribution < -0.4 is 0 Å². The molecule has 0 saturated heterocycles. The van der Waals surface area contributed by atoms with Crippen molar-refractivity contribution in [2.24, 2.45) is 0 Å². The quantitative estimate of drug-likeness (QED) is 0.861. The number of halogens is 3. The summed E-state index contributed by atoms with van der Waals surface area (Å²) in [5, 5.41) is 15.5. The summed E-state index contributed by atoms with van der Waals surface area (Å²) in [5.41, 5.74) is 1.09. The molecule has 20 heavy (non-hydrogen) atoms. The van der Waals surface area contributed by atoms with Crippen molar-refractivity contribution < 1.29 is 9.84 Å². The first-order chi connectivity index (χ1) is 9.54. The van der Waals surface area contributed by atoms with E-state index in [1.165, 1.54) is 6.20 Å². The summed E-state index contributed by atoms with van der Waals surface area (Å²) in [5.74, 6) is 0. The molecular weight excluding hydrogens is 367 g/mol. The number of methoxy groups -OCH3 is 1. The third-order valence-corrected chi connectivity index (χ3v) is 3.97. The summed E-state index contributed by atoms with van der Waals surface area (Å²) in [4.78, 5) is 0. The number of hydrogen-bond donors (Lipinski definition) is 1. The summed E-state index contributed by atoms with van der Waals surface area (Å²) >= 11 is 15.6. The number of hydrogen-bond acceptors (Lipinski definition) is 3. The van der Waals surface area contributed by atoms with Gasteiger partial charge in [0, 0.05) is 22.2 Å². The fraction of sp³-hybridized carbons (Fsp3) is 0.308. The molecule has 4 nitrogen and oxygen atoms in total. The Hall–Kier alpha value is -0.590. The second-order valence-corrected chi connectivity index (χ2v) is 5.89. The molecule has 1 aromatic carbocycles. The smallest absolute Gasteiger partial charge is 0.124 e. The van der Waals surface area contributed by atoms with E-state index in [0.29, 0.717) is 34.5 Å². The van der Waals surface area contributed by atoms with E-state index in [1.54, 1.807) is 23.9 Å². The van der Waals surface area contributed by atoms with Crippen molar-refractivity contribution in [3.8, 4) is 0 Å². The highest BCUT2D eigenvalue weighted by Gasteiger charge is 2.22. The van der Waals surface area contributed by atoms with Crippen molar-refractivity contribution in [2.75, 3.05) is 13.7 Å². The number of aliphatic hydroxyl groups is 1. The molecule has 1 aromatic heterocycles. The lowest BCUT2D eigenvalue weighted by atomic mass is 10.1. The van der Waals surface area contributed by atoms with E-state index in [9.17, 15) is 5.11 Å². The fourth-order valence-corrected chi connectivity index (χ4v) is 2.89. The van der Waals surface area contributed by atoms with Crippen LogP contribution in [0.3, 0.4) is 0 Å². The average molecular weight is 380 g/mol. The second kappa shape index (κ2) is 6.91. The van der Waals surface area contributed by atoms with Crippen molar-refractivity contribution in [3.63, 3.8) is 0 Å². The summed E-state index contributed by atoms with van der Waals surface area (Å²) in [7, 11) is 1.60. The van der Waals surface area contributed by atoms with Crippen LogP contribution in [-0.2, 0) is 11.3 Å². The van der Waals surface area contributed by atoms with Gasteiger partial charge in [-0.05, 0) is 12.1 Å². The molecule has 1 N–H and O–H groups in total. The molecule has 0 aliphatic rings. The van der Waals surface area contributed by atoms with Gasteiger partial charge < -0.3 is 9.84 Å². The van der Waals surface area contributed by atoms with Gasteiger partial charge in [-0.1, -0.05) is 45.2 Å². The molecule has 108 valence electrons. The van der Waals surface area contributed by atoms with Crippen LogP contribution in [0, 0.1) is 0 Å². The van der Waals surface area contributed by atoms with Crippen molar-refractivity contribution in [1.29, 1.82) is 0 Å². The van der Waals surface area contributed by atoms with E-state index in [-0.39, 0.29) is 0 Å². The lowest BCUT2D eigenvalue weighted by Crippen LogP contribution is -2.13. The first-order valence-corrected chi connectivity index (χ1v) is 7.42. The third kappa shape index (κ3) is 3.35. The van der Waals surface area contributed by atoms with E-state index < -0.39 is 6.10 Å². The first-order valence-electron chi connectivity index (χ1n) is 5.87. The van der Waals surface area contributed by atoms with Gasteiger partial charge in [-0.15, -0.1) is 0 Å². The molecule has 0 aliphatic carbocycles. The molecule has 2 aromatic rings. The zero-order valence-electron chi connectivity index (χ0n) is 10.7. The molecule has 0 saturated carbocycles. The third-order valence-electron chi connectivity index (χ3n) is 2.86. The van der Waals surface area contributed by atoms with Gasteiger partial charge in [0.2, 0.25) is 0 Å². The number of ether oxygens (including phenoxy) is 1. The Bertz CT molecular complexity index is 604. The molecular formula is C13H13BrCl2N2O2. The van der Waals surface area contributed by atoms with Crippen molar-refractivity contribution in [2.45, 2.75) is 12.6 Å². The van der Waals surface area contributed by atoms with Crippen LogP contribution >= 0.6 is 39.1 Å². The maximum Gasteiger partial charge on any atom is 0.124 e. The molecule has 0 spiro atoms. The normalized spacial score (nSPS) is 12.7. The van der Waals surface area contributed by atoms with E-state index in [4.69, 9.17) is 27.9 Å². The van der Waals surface area contributed by atoms with Gasteiger partial charge in [-0.3, -0.25) is 4.68 Å². The zero-order chi connectivity index (χ0) is 14.7. The Morgan fingerprint density at radius 1 is 1.40 bits per heavy atom. The predicted octanol–water partition coefficient (Wildman–Crippen LogP) is 3.68. The van der Waals surface area contributed by atoms with Crippen LogP contribution in [0.1, 0.15) is 17.4 Å². The number of benzene rings is 1. The Morgan fingerprint density at radius 2 is 2.15 bits per heavy atom. The highest BCUT2D eigenvalue weighted by atomic mass is 79.9. The fourth-order valence-electron chi connectivity index (χ4n) is 1.87. The minimum Gasteiger partial charge on any atom is -0.383 e. The first kappa shape index (κ1) is 15.8. The minimum atomic E-state index is -0.942. The summed E-state index contributed by atoms with van der Waals surface area (Å²) in [6.07, 6.45) is 0.560. The van der Waals surface area contributed by atoms with Crippen molar-refractivity contribution in [1.82, 2.24) is 9.78 Å².